The molecule has 6 rings (SSSR count). The maximum atomic E-state index is 12.9. The molecule has 0 bridgehead atoms. The molecular formula is C33H37F3N8O2S. The van der Waals surface area contributed by atoms with Gasteiger partial charge >= 0.3 is 6.18 Å². The summed E-state index contributed by atoms with van der Waals surface area (Å²) >= 11 is 1.04. The predicted molar refractivity (Wildman–Crippen MR) is 175 cm³/mol. The van der Waals surface area contributed by atoms with Gasteiger partial charge in [-0.25, -0.2) is 9.97 Å². The average Bonchev–Trinajstić information content (AvgIpc) is 3.61. The minimum Gasteiger partial charge on any atom is -0.508 e. The Bertz CT molecular complexity index is 1800. The molecule has 2 aliphatic heterocycles. The number of alkyl halides is 3. The van der Waals surface area contributed by atoms with Gasteiger partial charge in [-0.2, -0.15) is 18.4 Å². The van der Waals surface area contributed by atoms with Gasteiger partial charge in [0.25, 0.3) is 0 Å². The van der Waals surface area contributed by atoms with E-state index >= 15 is 0 Å². The van der Waals surface area contributed by atoms with Crippen LogP contribution in [0.4, 0.5) is 19.0 Å². The van der Waals surface area contributed by atoms with Crippen molar-refractivity contribution in [2.45, 2.75) is 63.5 Å². The summed E-state index contributed by atoms with van der Waals surface area (Å²) in [6.07, 6.45) is 0.757. The molecule has 0 aliphatic carbocycles. The fourth-order valence-corrected chi connectivity index (χ4v) is 7.61. The third-order valence-corrected chi connectivity index (χ3v) is 10.1. The van der Waals surface area contributed by atoms with Gasteiger partial charge in [0.05, 0.1) is 17.3 Å². The Labute approximate surface area is 274 Å². The standard InChI is InChI=1S/C33H37F3N8O2S/c1-2-30(46)40-23-3-7-42(8-4-23)11-12-44-25(18-37)14-21-13-22(29(45)16-28(21)44)19-43-9-5-24(6-10-43)41-31-27-15-26(17-33(34,35)36)47-32(27)39-20-38-31/h2,13-16,20,23-24,45H,1,3-12,17,19H2,(H,40,46)(H,38,39,41). The number of phenolic OH excluding ortho intramolecular Hbond substituents is 1. The molecule has 0 saturated carbocycles. The summed E-state index contributed by atoms with van der Waals surface area (Å²) in [5.74, 6) is 0.600. The molecular weight excluding hydrogens is 629 g/mol. The lowest BCUT2D eigenvalue weighted by molar-refractivity contribution is -0.126. The zero-order valence-electron chi connectivity index (χ0n) is 25.9. The molecule has 3 N–H and O–H groups in total. The smallest absolute Gasteiger partial charge is 0.393 e. The molecule has 4 aromatic rings. The van der Waals surface area contributed by atoms with Crippen molar-refractivity contribution < 1.29 is 23.1 Å². The number of fused-ring (bicyclic) bond motifs is 2. The monoisotopic (exact) mass is 666 g/mol. The highest BCUT2D eigenvalue weighted by Gasteiger charge is 2.29. The maximum Gasteiger partial charge on any atom is 0.393 e. The van der Waals surface area contributed by atoms with Crippen LogP contribution < -0.4 is 10.6 Å². The number of thiophene rings is 1. The zero-order valence-corrected chi connectivity index (χ0v) is 26.7. The summed E-state index contributed by atoms with van der Waals surface area (Å²) in [7, 11) is 0. The van der Waals surface area contributed by atoms with Crippen LogP contribution in [-0.2, 0) is 24.3 Å². The first-order valence-electron chi connectivity index (χ1n) is 15.8. The molecule has 0 atom stereocenters. The van der Waals surface area contributed by atoms with Crippen LogP contribution in [0.3, 0.4) is 0 Å². The number of amides is 1. The number of nitrogens with one attached hydrogen (secondary N) is 2. The second-order valence-corrected chi connectivity index (χ2v) is 13.4. The van der Waals surface area contributed by atoms with Crippen LogP contribution in [0.25, 0.3) is 21.1 Å². The molecule has 0 radical (unpaired) electrons. The van der Waals surface area contributed by atoms with Crippen molar-refractivity contribution >= 4 is 44.2 Å². The molecule has 2 saturated heterocycles. The van der Waals surface area contributed by atoms with Crippen molar-refractivity contribution in [3.63, 3.8) is 0 Å². The number of nitriles is 1. The van der Waals surface area contributed by atoms with Gasteiger partial charge in [0.15, 0.2) is 0 Å². The number of nitrogens with zero attached hydrogens (tertiary/aromatic N) is 6. The lowest BCUT2D eigenvalue weighted by atomic mass is 10.0. The predicted octanol–water partition coefficient (Wildman–Crippen LogP) is 5.17. The summed E-state index contributed by atoms with van der Waals surface area (Å²) < 4.78 is 40.7. The number of hydrogen-bond donors (Lipinski definition) is 3. The molecule has 5 heterocycles. The Morgan fingerprint density at radius 1 is 1.06 bits per heavy atom. The average molecular weight is 667 g/mol. The van der Waals surface area contributed by atoms with E-state index in [4.69, 9.17) is 0 Å². The minimum atomic E-state index is -4.28. The summed E-state index contributed by atoms with van der Waals surface area (Å²) in [5, 5.41) is 28.8. The van der Waals surface area contributed by atoms with Gasteiger partial charge in [0.2, 0.25) is 5.91 Å². The molecule has 2 fully saturated rings. The summed E-state index contributed by atoms with van der Waals surface area (Å²) in [5.41, 5.74) is 2.16. The minimum absolute atomic E-state index is 0.107. The van der Waals surface area contributed by atoms with Crippen LogP contribution in [0.5, 0.6) is 5.75 Å². The number of rotatable bonds is 10. The van der Waals surface area contributed by atoms with Crippen molar-refractivity contribution in [1.82, 2.24) is 29.7 Å². The van der Waals surface area contributed by atoms with Gasteiger partial charge < -0.3 is 25.2 Å². The SMILES string of the molecule is C=CC(=O)NC1CCN(CCn2c(C#N)cc3cc(CN4CCC(Nc5ncnc6sc(CC(F)(F)F)cc56)CC4)c(O)cc32)CC1. The summed E-state index contributed by atoms with van der Waals surface area (Å²) in [4.78, 5) is 25.4. The second kappa shape index (κ2) is 13.9. The van der Waals surface area contributed by atoms with E-state index in [9.17, 15) is 28.3 Å². The number of carbonyl (C=O) groups is 1. The lowest BCUT2D eigenvalue weighted by Gasteiger charge is -2.33. The zero-order chi connectivity index (χ0) is 33.1. The van der Waals surface area contributed by atoms with E-state index in [1.807, 2.05) is 16.7 Å². The molecule has 47 heavy (non-hydrogen) atoms. The van der Waals surface area contributed by atoms with Gasteiger partial charge in [-0.1, -0.05) is 6.58 Å². The highest BCUT2D eigenvalue weighted by molar-refractivity contribution is 7.18. The van der Waals surface area contributed by atoms with Crippen molar-refractivity contribution in [1.29, 1.82) is 5.26 Å². The van der Waals surface area contributed by atoms with Crippen LogP contribution in [0.15, 0.2) is 43.2 Å². The van der Waals surface area contributed by atoms with Gasteiger partial charge in [-0.05, 0) is 50.0 Å². The van der Waals surface area contributed by atoms with Crippen molar-refractivity contribution in [2.75, 3.05) is 38.0 Å². The third-order valence-electron chi connectivity index (χ3n) is 9.05. The molecule has 14 heteroatoms. The molecule has 1 amide bonds. The fraction of sp³-hybridized carbons (Fsp3) is 0.455. The van der Waals surface area contributed by atoms with Crippen LogP contribution >= 0.6 is 11.3 Å². The molecule has 0 spiro atoms. The Morgan fingerprint density at radius 2 is 1.79 bits per heavy atom. The maximum absolute atomic E-state index is 12.9. The van der Waals surface area contributed by atoms with E-state index in [1.165, 1.54) is 18.5 Å². The Morgan fingerprint density at radius 3 is 2.49 bits per heavy atom. The Balaban J connectivity index is 1.05. The number of halogens is 3. The van der Waals surface area contributed by atoms with E-state index < -0.39 is 12.6 Å². The first-order chi connectivity index (χ1) is 22.6. The van der Waals surface area contributed by atoms with E-state index in [0.29, 0.717) is 34.8 Å². The summed E-state index contributed by atoms with van der Waals surface area (Å²) in [6, 6.07) is 9.69. The number of phenols is 1. The van der Waals surface area contributed by atoms with Crippen molar-refractivity contribution in [2.24, 2.45) is 0 Å². The Kier molecular flexibility index (Phi) is 9.67. The Hall–Kier alpha value is -4.19. The number of carbonyl (C=O) groups excluding carboxylic acids is 1. The fourth-order valence-electron chi connectivity index (χ4n) is 6.58. The molecule has 10 nitrogen and oxygen atoms in total. The van der Waals surface area contributed by atoms with Crippen molar-refractivity contribution in [3.8, 4) is 11.8 Å². The highest BCUT2D eigenvalue weighted by atomic mass is 32.1. The van der Waals surface area contributed by atoms with E-state index in [0.717, 1.165) is 86.2 Å². The lowest BCUT2D eigenvalue weighted by Crippen LogP contribution is -2.44. The first-order valence-corrected chi connectivity index (χ1v) is 16.6. The molecule has 3 aromatic heterocycles. The van der Waals surface area contributed by atoms with Gasteiger partial charge in [0, 0.05) is 79.8 Å². The molecule has 1 aromatic carbocycles. The quantitative estimate of drug-likeness (QED) is 0.198. The molecule has 2 aliphatic rings. The topological polar surface area (TPSA) is 122 Å². The number of likely N-dealkylation sites (tertiary alicyclic amines) is 2. The molecule has 248 valence electrons. The number of aromatic hydroxyl groups is 1. The number of piperidine rings is 2. The number of aromatic nitrogens is 3. The first kappa shape index (κ1) is 32.7. The third kappa shape index (κ3) is 7.86. The molecule has 0 unspecified atom stereocenters. The van der Waals surface area contributed by atoms with Gasteiger partial charge in [-0.15, -0.1) is 11.3 Å². The van der Waals surface area contributed by atoms with Gasteiger partial charge in [0.1, 0.15) is 34.5 Å². The van der Waals surface area contributed by atoms with Crippen LogP contribution in [0, 0.1) is 11.3 Å². The largest absolute Gasteiger partial charge is 0.508 e. The van der Waals surface area contributed by atoms with Crippen molar-refractivity contribution in [3.05, 3.63) is 59.4 Å². The van der Waals surface area contributed by atoms with Crippen LogP contribution in [0.1, 0.15) is 41.8 Å². The van der Waals surface area contributed by atoms with E-state index in [-0.39, 0.29) is 28.6 Å². The van der Waals surface area contributed by atoms with E-state index in [1.54, 1.807) is 6.07 Å². The van der Waals surface area contributed by atoms with Gasteiger partial charge in [-0.3, -0.25) is 9.69 Å². The normalized spacial score (nSPS) is 17.2. The highest BCUT2D eigenvalue weighted by Crippen LogP contribution is 2.34. The summed E-state index contributed by atoms with van der Waals surface area (Å²) in [6.45, 7) is 8.68. The number of anilines is 1. The number of hydrogen-bond acceptors (Lipinski definition) is 9. The second-order valence-electron chi connectivity index (χ2n) is 12.3. The van der Waals surface area contributed by atoms with Crippen LogP contribution in [-0.4, -0.2) is 86.3 Å². The van der Waals surface area contributed by atoms with Crippen LogP contribution in [0.2, 0.25) is 0 Å². The number of benzene rings is 1. The van der Waals surface area contributed by atoms with E-state index in [2.05, 4.69) is 43.0 Å².